The first kappa shape index (κ1) is 12.6. The minimum atomic E-state index is -0.831. The molecule has 0 aromatic rings. The highest BCUT2D eigenvalue weighted by molar-refractivity contribution is 6.36. The normalized spacial score (nSPS) is 9.50. The van der Waals surface area contributed by atoms with Crippen molar-refractivity contribution in [2.45, 2.75) is 32.1 Å². The van der Waals surface area contributed by atoms with Gasteiger partial charge in [-0.2, -0.15) is 0 Å². The van der Waals surface area contributed by atoms with Crippen LogP contribution in [0.15, 0.2) is 0 Å². The number of hydrogen-bond acceptors (Lipinski definition) is 3. The molecule has 80 valence electrons. The second-order valence-electron chi connectivity index (χ2n) is 2.96. The molecule has 0 atom stereocenters. The first-order valence-corrected chi connectivity index (χ1v) is 4.54. The molecule has 0 aliphatic rings. The summed E-state index contributed by atoms with van der Waals surface area (Å²) in [5, 5.41) is 10.6. The van der Waals surface area contributed by atoms with Gasteiger partial charge in [0.2, 0.25) is 5.78 Å². The molecule has 0 radical (unpaired) electrons. The van der Waals surface area contributed by atoms with Gasteiger partial charge in [0.25, 0.3) is 5.91 Å². The third kappa shape index (κ3) is 6.16. The van der Waals surface area contributed by atoms with Gasteiger partial charge in [0.15, 0.2) is 0 Å². The van der Waals surface area contributed by atoms with Crippen LogP contribution in [0, 0.1) is 0 Å². The van der Waals surface area contributed by atoms with E-state index in [9.17, 15) is 14.4 Å². The number of likely N-dealkylation sites (N-methyl/N-ethyl adjacent to an activating group) is 1. The lowest BCUT2D eigenvalue weighted by Crippen LogP contribution is -2.27. The number of aliphatic carboxylic acids is 1. The molecule has 0 aliphatic carbocycles. The third-order valence-corrected chi connectivity index (χ3v) is 1.77. The molecule has 0 heterocycles. The lowest BCUT2D eigenvalue weighted by Gasteiger charge is -1.98. The van der Waals surface area contributed by atoms with E-state index >= 15 is 0 Å². The number of hydrogen-bond donors (Lipinski definition) is 2. The van der Waals surface area contributed by atoms with E-state index in [1.165, 1.54) is 7.05 Å². The minimum absolute atomic E-state index is 0.119. The topological polar surface area (TPSA) is 83.5 Å². The molecule has 0 saturated heterocycles. The summed E-state index contributed by atoms with van der Waals surface area (Å²) >= 11 is 0. The van der Waals surface area contributed by atoms with Crippen molar-refractivity contribution in [3.05, 3.63) is 0 Å². The van der Waals surface area contributed by atoms with Gasteiger partial charge >= 0.3 is 5.97 Å². The number of carbonyl (C=O) groups excluding carboxylic acids is 2. The number of Topliss-reactive ketones (excluding diaryl/α,β-unsaturated/α-hetero) is 1. The molecule has 1 amide bonds. The van der Waals surface area contributed by atoms with Crippen molar-refractivity contribution in [3.63, 3.8) is 0 Å². The molecule has 0 saturated carbocycles. The summed E-state index contributed by atoms with van der Waals surface area (Å²) < 4.78 is 0. The Kier molecular flexibility index (Phi) is 6.36. The van der Waals surface area contributed by atoms with Crippen LogP contribution >= 0.6 is 0 Å². The Hall–Kier alpha value is -1.39. The SMILES string of the molecule is CNC(=O)C(=O)CCCCCC(=O)O. The maximum Gasteiger partial charge on any atom is 0.303 e. The van der Waals surface area contributed by atoms with Crippen LogP contribution in [0.3, 0.4) is 0 Å². The first-order valence-electron chi connectivity index (χ1n) is 4.54. The third-order valence-electron chi connectivity index (χ3n) is 1.77. The van der Waals surface area contributed by atoms with Crippen LogP contribution < -0.4 is 5.32 Å². The molecule has 0 unspecified atom stereocenters. The lowest BCUT2D eigenvalue weighted by atomic mass is 10.1. The number of ketones is 1. The summed E-state index contributed by atoms with van der Waals surface area (Å²) in [5.41, 5.74) is 0. The number of rotatable bonds is 7. The highest BCUT2D eigenvalue weighted by Crippen LogP contribution is 2.03. The number of carbonyl (C=O) groups is 3. The van der Waals surface area contributed by atoms with E-state index < -0.39 is 17.7 Å². The zero-order valence-electron chi connectivity index (χ0n) is 8.21. The molecule has 0 aromatic heterocycles. The molecule has 0 aromatic carbocycles. The number of nitrogens with one attached hydrogen (secondary N) is 1. The second kappa shape index (κ2) is 7.06. The summed E-state index contributed by atoms with van der Waals surface area (Å²) in [5.74, 6) is -1.85. The fourth-order valence-corrected chi connectivity index (χ4v) is 0.992. The van der Waals surface area contributed by atoms with Crippen LogP contribution in [0.1, 0.15) is 32.1 Å². The summed E-state index contributed by atoms with van der Waals surface area (Å²) in [4.78, 5) is 31.8. The maximum absolute atomic E-state index is 10.9. The van der Waals surface area contributed by atoms with Crippen molar-refractivity contribution < 1.29 is 19.5 Å². The highest BCUT2D eigenvalue weighted by Gasteiger charge is 2.10. The summed E-state index contributed by atoms with van der Waals surface area (Å²) in [6, 6.07) is 0. The fraction of sp³-hybridized carbons (Fsp3) is 0.667. The molecule has 2 N–H and O–H groups in total. The van der Waals surface area contributed by atoms with Crippen molar-refractivity contribution in [1.82, 2.24) is 5.32 Å². The van der Waals surface area contributed by atoms with Gasteiger partial charge in [0, 0.05) is 19.9 Å². The predicted molar refractivity (Wildman–Crippen MR) is 49.8 cm³/mol. The minimum Gasteiger partial charge on any atom is -0.481 e. The van der Waals surface area contributed by atoms with Crippen LogP contribution in [0.25, 0.3) is 0 Å². The van der Waals surface area contributed by atoms with Gasteiger partial charge in [-0.05, 0) is 12.8 Å². The Morgan fingerprint density at radius 3 is 2.14 bits per heavy atom. The molecule has 0 bridgehead atoms. The highest BCUT2D eigenvalue weighted by atomic mass is 16.4. The van der Waals surface area contributed by atoms with E-state index in [2.05, 4.69) is 5.32 Å². The summed E-state index contributed by atoms with van der Waals surface area (Å²) in [6.07, 6.45) is 2.10. The van der Waals surface area contributed by atoms with Crippen molar-refractivity contribution in [2.75, 3.05) is 7.05 Å². The quantitative estimate of drug-likeness (QED) is 0.459. The monoisotopic (exact) mass is 201 g/mol. The average Bonchev–Trinajstić information content (AvgIpc) is 2.15. The van der Waals surface area contributed by atoms with E-state index in [0.717, 1.165) is 0 Å². The molecule has 14 heavy (non-hydrogen) atoms. The first-order chi connectivity index (χ1) is 6.57. The summed E-state index contributed by atoms with van der Waals surface area (Å²) in [7, 11) is 1.41. The second-order valence-corrected chi connectivity index (χ2v) is 2.96. The molecule has 0 aliphatic heterocycles. The van der Waals surface area contributed by atoms with Gasteiger partial charge < -0.3 is 10.4 Å². The number of amides is 1. The molecule has 0 rings (SSSR count). The van der Waals surface area contributed by atoms with Crippen LogP contribution in [-0.2, 0) is 14.4 Å². The average molecular weight is 201 g/mol. The zero-order chi connectivity index (χ0) is 11.0. The largest absolute Gasteiger partial charge is 0.481 e. The number of unbranched alkanes of at least 4 members (excludes halogenated alkanes) is 2. The van der Waals surface area contributed by atoms with Gasteiger partial charge in [0.1, 0.15) is 0 Å². The Morgan fingerprint density at radius 1 is 1.07 bits per heavy atom. The van der Waals surface area contributed by atoms with Gasteiger partial charge in [-0.25, -0.2) is 0 Å². The van der Waals surface area contributed by atoms with E-state index in [1.54, 1.807) is 0 Å². The number of carboxylic acid groups (broad SMARTS) is 1. The molecular weight excluding hydrogens is 186 g/mol. The predicted octanol–water partition coefficient (Wildman–Crippen LogP) is 0.337. The van der Waals surface area contributed by atoms with E-state index in [4.69, 9.17) is 5.11 Å². The lowest BCUT2D eigenvalue weighted by molar-refractivity contribution is -0.137. The van der Waals surface area contributed by atoms with E-state index in [-0.39, 0.29) is 12.8 Å². The smallest absolute Gasteiger partial charge is 0.303 e. The zero-order valence-corrected chi connectivity index (χ0v) is 8.21. The Balaban J connectivity index is 3.41. The Labute approximate surface area is 82.5 Å². The molecule has 5 nitrogen and oxygen atoms in total. The standard InChI is InChI=1S/C9H15NO4/c1-10-9(14)7(11)5-3-2-4-6-8(12)13/h2-6H2,1H3,(H,10,14)(H,12,13). The maximum atomic E-state index is 10.9. The van der Waals surface area contributed by atoms with Crippen molar-refractivity contribution in [1.29, 1.82) is 0 Å². The van der Waals surface area contributed by atoms with Gasteiger partial charge in [-0.1, -0.05) is 6.42 Å². The van der Waals surface area contributed by atoms with E-state index in [1.807, 2.05) is 0 Å². The molecule has 0 spiro atoms. The Bertz CT molecular complexity index is 225. The van der Waals surface area contributed by atoms with Crippen LogP contribution in [0.4, 0.5) is 0 Å². The van der Waals surface area contributed by atoms with Crippen LogP contribution in [-0.4, -0.2) is 29.8 Å². The Morgan fingerprint density at radius 2 is 1.64 bits per heavy atom. The van der Waals surface area contributed by atoms with Crippen molar-refractivity contribution in [2.24, 2.45) is 0 Å². The number of carboxylic acids is 1. The van der Waals surface area contributed by atoms with Gasteiger partial charge in [0.05, 0.1) is 0 Å². The summed E-state index contributed by atoms with van der Waals surface area (Å²) in [6.45, 7) is 0. The molecule has 0 fully saturated rings. The molecule has 5 heteroatoms. The van der Waals surface area contributed by atoms with Gasteiger partial charge in [-0.15, -0.1) is 0 Å². The molecular formula is C9H15NO4. The van der Waals surface area contributed by atoms with Crippen LogP contribution in [0.5, 0.6) is 0 Å². The fourth-order valence-electron chi connectivity index (χ4n) is 0.992. The van der Waals surface area contributed by atoms with Crippen molar-refractivity contribution in [3.8, 4) is 0 Å². The van der Waals surface area contributed by atoms with Crippen molar-refractivity contribution >= 4 is 17.7 Å². The van der Waals surface area contributed by atoms with Gasteiger partial charge in [-0.3, -0.25) is 14.4 Å². The van der Waals surface area contributed by atoms with E-state index in [0.29, 0.717) is 19.3 Å². The van der Waals surface area contributed by atoms with Crippen LogP contribution in [0.2, 0.25) is 0 Å².